The predicted octanol–water partition coefficient (Wildman–Crippen LogP) is -0.484. The highest BCUT2D eigenvalue weighted by molar-refractivity contribution is 8.93. The molecule has 0 atom stereocenters. The van der Waals surface area contributed by atoms with Gasteiger partial charge in [0.2, 0.25) is 0 Å². The smallest absolute Gasteiger partial charge is 0.283 e. The molecule has 1 aliphatic rings. The molecule has 0 aliphatic carbocycles. The molecule has 0 amide bonds. The molecule has 0 aromatic carbocycles. The molecule has 0 radical (unpaired) electrons. The fourth-order valence-corrected chi connectivity index (χ4v) is 1.82. The van der Waals surface area contributed by atoms with E-state index < -0.39 is 6.29 Å². The third kappa shape index (κ3) is 4.05. The number of nitrogens with zero attached hydrogens (tertiary/aromatic N) is 2. The van der Waals surface area contributed by atoms with Crippen LogP contribution in [0.5, 0.6) is 0 Å². The van der Waals surface area contributed by atoms with Gasteiger partial charge in [-0.25, -0.2) is 4.98 Å². The Labute approximate surface area is 138 Å². The summed E-state index contributed by atoms with van der Waals surface area (Å²) in [7, 11) is 0. The van der Waals surface area contributed by atoms with Crippen molar-refractivity contribution in [1.82, 2.24) is 4.98 Å². The Morgan fingerprint density at radius 1 is 1.00 bits per heavy atom. The zero-order chi connectivity index (χ0) is 12.2. The Balaban J connectivity index is 0.000001000. The molecule has 3 rings (SSSR count). The molecule has 2 aromatic heterocycles. The predicted molar refractivity (Wildman–Crippen MR) is 74.3 cm³/mol. The lowest BCUT2D eigenvalue weighted by molar-refractivity contribution is -0.688. The summed E-state index contributed by atoms with van der Waals surface area (Å²) in [5, 5.41) is 0. The lowest BCUT2D eigenvalue weighted by Crippen LogP contribution is -3.00. The first-order chi connectivity index (χ1) is 8.92. The summed E-state index contributed by atoms with van der Waals surface area (Å²) in [5.74, 6) is 0. The molecule has 0 saturated carbocycles. The number of halogens is 2. The quantitative estimate of drug-likeness (QED) is 0.651. The van der Waals surface area contributed by atoms with Gasteiger partial charge in [0.05, 0.1) is 0 Å². The van der Waals surface area contributed by atoms with Gasteiger partial charge in [0.15, 0.2) is 18.9 Å². The first-order valence-electron chi connectivity index (χ1n) is 5.78. The van der Waals surface area contributed by atoms with Crippen molar-refractivity contribution in [3.63, 3.8) is 0 Å². The molecule has 0 saturated heterocycles. The van der Waals surface area contributed by atoms with Crippen molar-refractivity contribution >= 4 is 17.0 Å². The third-order valence-electron chi connectivity index (χ3n) is 2.65. The van der Waals surface area contributed by atoms with Gasteiger partial charge in [-0.15, -0.1) is 17.0 Å². The van der Waals surface area contributed by atoms with Crippen LogP contribution in [0.3, 0.4) is 0 Å². The van der Waals surface area contributed by atoms with Crippen molar-refractivity contribution in [2.24, 2.45) is 0 Å². The van der Waals surface area contributed by atoms with Gasteiger partial charge < -0.3 is 26.5 Å². The largest absolute Gasteiger partial charge is 1.00 e. The molecule has 0 unspecified atom stereocenters. The average molecular weight is 402 g/mol. The van der Waals surface area contributed by atoms with Crippen LogP contribution < -0.4 is 21.5 Å². The highest BCUT2D eigenvalue weighted by atomic mass is 79.9. The summed E-state index contributed by atoms with van der Waals surface area (Å²) in [6.07, 6.45) is 6.68. The van der Waals surface area contributed by atoms with Gasteiger partial charge in [-0.05, 0) is 12.1 Å². The molecule has 0 N–H and O–H groups in total. The van der Waals surface area contributed by atoms with Crippen molar-refractivity contribution in [3.05, 3.63) is 72.7 Å². The molecule has 1 aliphatic heterocycles. The van der Waals surface area contributed by atoms with Crippen molar-refractivity contribution in [3.8, 4) is 0 Å². The molecular weight excluding hydrogens is 388 g/mol. The summed E-state index contributed by atoms with van der Waals surface area (Å²) in [6.45, 7) is 0.731. The van der Waals surface area contributed by atoms with Gasteiger partial charge in [-0.1, -0.05) is 12.1 Å². The van der Waals surface area contributed by atoms with Gasteiger partial charge in [0.1, 0.15) is 23.9 Å². The van der Waals surface area contributed by atoms with E-state index in [9.17, 15) is 0 Å². The standard InChI is InChI=1S/C14H13N2O2.2BrH/c1-2-7-16(8-3-1)11-12-5-4-6-13(15-12)14-17-9-10-18-14;;/h1-10,14H,11H2;2*1H/q+1;;/p-1. The molecule has 0 fully saturated rings. The second-order valence-electron chi connectivity index (χ2n) is 3.98. The van der Waals surface area contributed by atoms with E-state index in [2.05, 4.69) is 9.55 Å². The summed E-state index contributed by atoms with van der Waals surface area (Å²) < 4.78 is 12.6. The molecule has 106 valence electrons. The molecule has 6 heteroatoms. The summed E-state index contributed by atoms with van der Waals surface area (Å²) >= 11 is 0. The van der Waals surface area contributed by atoms with Crippen molar-refractivity contribution in [2.45, 2.75) is 12.8 Å². The van der Waals surface area contributed by atoms with Crippen LogP contribution in [0.1, 0.15) is 17.7 Å². The lowest BCUT2D eigenvalue weighted by atomic mass is 10.3. The number of aromatic nitrogens is 2. The fraction of sp³-hybridized carbons (Fsp3) is 0.143. The van der Waals surface area contributed by atoms with Crippen molar-refractivity contribution in [2.75, 3.05) is 0 Å². The van der Waals surface area contributed by atoms with Crippen LogP contribution in [0.2, 0.25) is 0 Å². The Bertz CT molecular complexity index is 556. The van der Waals surface area contributed by atoms with Crippen LogP contribution in [-0.2, 0) is 16.0 Å². The van der Waals surface area contributed by atoms with E-state index >= 15 is 0 Å². The number of hydrogen-bond donors (Lipinski definition) is 0. The maximum atomic E-state index is 5.27. The first-order valence-corrected chi connectivity index (χ1v) is 5.78. The first kappa shape index (κ1) is 16.7. The van der Waals surface area contributed by atoms with E-state index in [0.29, 0.717) is 0 Å². The molecule has 0 bridgehead atoms. The van der Waals surface area contributed by atoms with Crippen LogP contribution in [-0.4, -0.2) is 4.98 Å². The summed E-state index contributed by atoms with van der Waals surface area (Å²) in [6, 6.07) is 11.8. The highest BCUT2D eigenvalue weighted by Crippen LogP contribution is 2.21. The Kier molecular flexibility index (Phi) is 6.67. The molecule has 0 spiro atoms. The molecule has 20 heavy (non-hydrogen) atoms. The van der Waals surface area contributed by atoms with Crippen LogP contribution in [0.25, 0.3) is 0 Å². The van der Waals surface area contributed by atoms with Gasteiger partial charge in [0, 0.05) is 12.1 Å². The average Bonchev–Trinajstić information content (AvgIpc) is 2.94. The van der Waals surface area contributed by atoms with Crippen LogP contribution >= 0.6 is 17.0 Å². The third-order valence-corrected chi connectivity index (χ3v) is 2.65. The van der Waals surface area contributed by atoms with Crippen LogP contribution in [0.4, 0.5) is 0 Å². The second kappa shape index (κ2) is 8.01. The van der Waals surface area contributed by atoms with Crippen molar-refractivity contribution in [1.29, 1.82) is 0 Å². The maximum Gasteiger partial charge on any atom is 0.283 e. The maximum absolute atomic E-state index is 5.27. The lowest BCUT2D eigenvalue weighted by Gasteiger charge is -2.09. The SMILES string of the molecule is Br.C1=COC(c2cccc(C[n+]3ccccc3)n2)O1.[Br-]. The number of ether oxygens (including phenoxy) is 2. The van der Waals surface area contributed by atoms with Crippen molar-refractivity contribution < 1.29 is 31.0 Å². The Morgan fingerprint density at radius 3 is 2.40 bits per heavy atom. The minimum absolute atomic E-state index is 0. The fourth-order valence-electron chi connectivity index (χ4n) is 1.82. The number of hydrogen-bond acceptors (Lipinski definition) is 3. The van der Waals surface area contributed by atoms with E-state index in [4.69, 9.17) is 9.47 Å². The zero-order valence-electron chi connectivity index (χ0n) is 10.6. The van der Waals surface area contributed by atoms with Crippen LogP contribution in [0, 0.1) is 0 Å². The topological polar surface area (TPSA) is 35.2 Å². The minimum Gasteiger partial charge on any atom is -1.00 e. The number of rotatable bonds is 3. The zero-order valence-corrected chi connectivity index (χ0v) is 13.9. The van der Waals surface area contributed by atoms with E-state index in [1.165, 1.54) is 12.5 Å². The van der Waals surface area contributed by atoms with Gasteiger partial charge >= 0.3 is 0 Å². The summed E-state index contributed by atoms with van der Waals surface area (Å²) in [5.41, 5.74) is 1.76. The molecule has 3 heterocycles. The van der Waals surface area contributed by atoms with Gasteiger partial charge in [0.25, 0.3) is 6.29 Å². The minimum atomic E-state index is -0.411. The van der Waals surface area contributed by atoms with E-state index in [-0.39, 0.29) is 34.0 Å². The van der Waals surface area contributed by atoms with E-state index in [0.717, 1.165) is 17.9 Å². The Morgan fingerprint density at radius 2 is 1.70 bits per heavy atom. The normalized spacial score (nSPS) is 12.8. The molecule has 4 nitrogen and oxygen atoms in total. The number of pyridine rings is 2. The van der Waals surface area contributed by atoms with Gasteiger partial charge in [-0.3, -0.25) is 0 Å². The van der Waals surface area contributed by atoms with E-state index in [1.807, 2.05) is 48.8 Å². The molecule has 2 aromatic rings. The van der Waals surface area contributed by atoms with Gasteiger partial charge in [-0.2, -0.15) is 4.57 Å². The van der Waals surface area contributed by atoms with Crippen LogP contribution in [0.15, 0.2) is 61.3 Å². The van der Waals surface area contributed by atoms with E-state index in [1.54, 1.807) is 0 Å². The highest BCUT2D eigenvalue weighted by Gasteiger charge is 2.17. The summed E-state index contributed by atoms with van der Waals surface area (Å²) in [4.78, 5) is 4.54. The Hall–Kier alpha value is -1.40. The second-order valence-corrected chi connectivity index (χ2v) is 3.98. The molecular formula is C14H14Br2N2O2. The monoisotopic (exact) mass is 400 g/mol.